The highest BCUT2D eigenvalue weighted by atomic mass is 79.9. The fourth-order valence-corrected chi connectivity index (χ4v) is 2.14. The molecular weight excluding hydrogens is 280 g/mol. The van der Waals surface area contributed by atoms with Gasteiger partial charge in [-0.2, -0.15) is 0 Å². The molecular formula is C14H13BrO2. The van der Waals surface area contributed by atoms with Crippen molar-refractivity contribution in [2.24, 2.45) is 0 Å². The van der Waals surface area contributed by atoms with E-state index < -0.39 is 0 Å². The Hall–Kier alpha value is -1.35. The highest BCUT2D eigenvalue weighted by Gasteiger charge is 2.11. The second-order valence-electron chi connectivity index (χ2n) is 3.74. The SMILES string of the molecule is CCC(=O)Oc1c(CBr)ccc2ccccc12. The molecule has 2 nitrogen and oxygen atoms in total. The van der Waals surface area contributed by atoms with Crippen LogP contribution < -0.4 is 4.74 Å². The van der Waals surface area contributed by atoms with Gasteiger partial charge in [-0.15, -0.1) is 0 Å². The normalized spacial score (nSPS) is 10.5. The molecule has 17 heavy (non-hydrogen) atoms. The summed E-state index contributed by atoms with van der Waals surface area (Å²) in [7, 11) is 0. The minimum absolute atomic E-state index is 0.205. The zero-order valence-corrected chi connectivity index (χ0v) is 11.2. The van der Waals surface area contributed by atoms with Crippen LogP contribution in [0.25, 0.3) is 10.8 Å². The second-order valence-corrected chi connectivity index (χ2v) is 4.30. The zero-order chi connectivity index (χ0) is 12.3. The summed E-state index contributed by atoms with van der Waals surface area (Å²) in [5.41, 5.74) is 0.991. The van der Waals surface area contributed by atoms with Crippen molar-refractivity contribution < 1.29 is 9.53 Å². The fourth-order valence-electron chi connectivity index (χ4n) is 1.70. The summed E-state index contributed by atoms with van der Waals surface area (Å²) in [6.07, 6.45) is 0.380. The standard InChI is InChI=1S/C14H13BrO2/c1-2-13(16)17-14-11(9-15)8-7-10-5-3-4-6-12(10)14/h3-8H,2,9H2,1H3. The van der Waals surface area contributed by atoms with Crippen molar-refractivity contribution in [2.75, 3.05) is 0 Å². The predicted molar refractivity (Wildman–Crippen MR) is 72.5 cm³/mol. The Kier molecular flexibility index (Phi) is 3.79. The average Bonchev–Trinajstić information content (AvgIpc) is 2.39. The third kappa shape index (κ3) is 2.50. The number of benzene rings is 2. The van der Waals surface area contributed by atoms with Crippen LogP contribution >= 0.6 is 15.9 Å². The van der Waals surface area contributed by atoms with E-state index >= 15 is 0 Å². The van der Waals surface area contributed by atoms with Crippen molar-refractivity contribution >= 4 is 32.7 Å². The molecule has 0 aliphatic carbocycles. The Morgan fingerprint density at radius 2 is 2.00 bits per heavy atom. The summed E-state index contributed by atoms with van der Waals surface area (Å²) in [4.78, 5) is 11.5. The van der Waals surface area contributed by atoms with E-state index in [0.29, 0.717) is 17.5 Å². The first-order valence-electron chi connectivity index (χ1n) is 5.53. The molecule has 0 N–H and O–H groups in total. The topological polar surface area (TPSA) is 26.3 Å². The van der Waals surface area contributed by atoms with E-state index in [1.54, 1.807) is 6.92 Å². The Morgan fingerprint density at radius 1 is 1.24 bits per heavy atom. The third-order valence-electron chi connectivity index (χ3n) is 2.61. The molecule has 0 atom stereocenters. The summed E-state index contributed by atoms with van der Waals surface area (Å²) in [5, 5.41) is 2.73. The number of esters is 1. The molecule has 2 aromatic rings. The van der Waals surface area contributed by atoms with Crippen molar-refractivity contribution in [1.82, 2.24) is 0 Å². The molecule has 3 heteroatoms. The number of hydrogen-bond acceptors (Lipinski definition) is 2. The molecule has 0 aromatic heterocycles. The Bertz CT molecular complexity index is 549. The minimum Gasteiger partial charge on any atom is -0.426 e. The molecule has 0 fully saturated rings. The van der Waals surface area contributed by atoms with Crippen LogP contribution in [0.4, 0.5) is 0 Å². The lowest BCUT2D eigenvalue weighted by Crippen LogP contribution is -2.07. The van der Waals surface area contributed by atoms with Gasteiger partial charge in [-0.3, -0.25) is 4.79 Å². The van der Waals surface area contributed by atoms with Gasteiger partial charge < -0.3 is 4.74 Å². The van der Waals surface area contributed by atoms with Crippen LogP contribution in [0.1, 0.15) is 18.9 Å². The lowest BCUT2D eigenvalue weighted by Gasteiger charge is -2.11. The van der Waals surface area contributed by atoms with E-state index in [0.717, 1.165) is 16.3 Å². The number of ether oxygens (including phenoxy) is 1. The maximum absolute atomic E-state index is 11.5. The first-order valence-corrected chi connectivity index (χ1v) is 6.65. The number of carbonyl (C=O) groups excluding carboxylic acids is 1. The Labute approximate surface area is 109 Å². The van der Waals surface area contributed by atoms with Gasteiger partial charge in [0.25, 0.3) is 0 Å². The number of carbonyl (C=O) groups is 1. The van der Waals surface area contributed by atoms with E-state index in [4.69, 9.17) is 4.74 Å². The van der Waals surface area contributed by atoms with Crippen molar-refractivity contribution in [3.05, 3.63) is 42.0 Å². The zero-order valence-electron chi connectivity index (χ0n) is 9.57. The molecule has 0 aliphatic heterocycles. The summed E-state index contributed by atoms with van der Waals surface area (Å²) < 4.78 is 5.43. The number of hydrogen-bond donors (Lipinski definition) is 0. The fraction of sp³-hybridized carbons (Fsp3) is 0.214. The Morgan fingerprint density at radius 3 is 2.71 bits per heavy atom. The molecule has 0 heterocycles. The summed E-state index contributed by atoms with van der Waals surface area (Å²) in [6, 6.07) is 11.9. The molecule has 2 rings (SSSR count). The van der Waals surface area contributed by atoms with E-state index in [1.165, 1.54) is 0 Å². The van der Waals surface area contributed by atoms with Gasteiger partial charge in [0.1, 0.15) is 5.75 Å². The lowest BCUT2D eigenvalue weighted by molar-refractivity contribution is -0.133. The van der Waals surface area contributed by atoms with Gasteiger partial charge in [-0.1, -0.05) is 59.3 Å². The van der Waals surface area contributed by atoms with Crippen LogP contribution in [-0.4, -0.2) is 5.97 Å². The van der Waals surface area contributed by atoms with Gasteiger partial charge in [-0.05, 0) is 5.39 Å². The molecule has 88 valence electrons. The number of rotatable bonds is 3. The first-order chi connectivity index (χ1) is 8.26. The first kappa shape index (κ1) is 12.1. The van der Waals surface area contributed by atoms with Crippen molar-refractivity contribution in [3.63, 3.8) is 0 Å². The van der Waals surface area contributed by atoms with E-state index in [2.05, 4.69) is 15.9 Å². The summed E-state index contributed by atoms with van der Waals surface area (Å²) in [6.45, 7) is 1.79. The van der Waals surface area contributed by atoms with Crippen LogP contribution in [0.15, 0.2) is 36.4 Å². The van der Waals surface area contributed by atoms with Crippen LogP contribution in [-0.2, 0) is 10.1 Å². The van der Waals surface area contributed by atoms with Crippen molar-refractivity contribution in [3.8, 4) is 5.75 Å². The largest absolute Gasteiger partial charge is 0.426 e. The van der Waals surface area contributed by atoms with Gasteiger partial charge in [0.05, 0.1) is 0 Å². The monoisotopic (exact) mass is 292 g/mol. The van der Waals surface area contributed by atoms with Crippen molar-refractivity contribution in [2.45, 2.75) is 18.7 Å². The maximum atomic E-state index is 11.5. The third-order valence-corrected chi connectivity index (χ3v) is 3.21. The van der Waals surface area contributed by atoms with E-state index in [1.807, 2.05) is 36.4 Å². The van der Waals surface area contributed by atoms with Crippen molar-refractivity contribution in [1.29, 1.82) is 0 Å². The minimum atomic E-state index is -0.205. The van der Waals surface area contributed by atoms with Crippen LogP contribution in [0, 0.1) is 0 Å². The Balaban J connectivity index is 2.58. The van der Waals surface area contributed by atoms with Gasteiger partial charge in [0, 0.05) is 22.7 Å². The number of halogens is 1. The molecule has 0 aliphatic rings. The van der Waals surface area contributed by atoms with Gasteiger partial charge >= 0.3 is 5.97 Å². The molecule has 0 saturated carbocycles. The molecule has 0 unspecified atom stereocenters. The van der Waals surface area contributed by atoms with Gasteiger partial charge in [-0.25, -0.2) is 0 Å². The van der Waals surface area contributed by atoms with Gasteiger partial charge in [0.15, 0.2) is 0 Å². The molecule has 0 radical (unpaired) electrons. The summed E-state index contributed by atoms with van der Waals surface area (Å²) >= 11 is 3.41. The predicted octanol–water partition coefficient (Wildman–Crippen LogP) is 4.05. The van der Waals surface area contributed by atoms with Crippen LogP contribution in [0.3, 0.4) is 0 Å². The highest BCUT2D eigenvalue weighted by Crippen LogP contribution is 2.31. The van der Waals surface area contributed by atoms with Crippen LogP contribution in [0.2, 0.25) is 0 Å². The molecule has 0 amide bonds. The number of alkyl halides is 1. The molecule has 2 aromatic carbocycles. The lowest BCUT2D eigenvalue weighted by atomic mass is 10.1. The summed E-state index contributed by atoms with van der Waals surface area (Å²) in [5.74, 6) is 0.468. The second kappa shape index (κ2) is 5.32. The van der Waals surface area contributed by atoms with E-state index in [9.17, 15) is 4.79 Å². The average molecular weight is 293 g/mol. The molecule has 0 bridgehead atoms. The molecule has 0 spiro atoms. The number of fused-ring (bicyclic) bond motifs is 1. The molecule has 0 saturated heterocycles. The maximum Gasteiger partial charge on any atom is 0.310 e. The van der Waals surface area contributed by atoms with Crippen LogP contribution in [0.5, 0.6) is 5.75 Å². The van der Waals surface area contributed by atoms with Gasteiger partial charge in [0.2, 0.25) is 0 Å². The highest BCUT2D eigenvalue weighted by molar-refractivity contribution is 9.08. The smallest absolute Gasteiger partial charge is 0.310 e. The van der Waals surface area contributed by atoms with E-state index in [-0.39, 0.29) is 5.97 Å². The quantitative estimate of drug-likeness (QED) is 0.485.